The molecule has 0 aromatic carbocycles. The zero-order valence-electron chi connectivity index (χ0n) is 13.3. The molecule has 1 aliphatic rings. The van der Waals surface area contributed by atoms with Gasteiger partial charge in [0.1, 0.15) is 10.8 Å². The van der Waals surface area contributed by atoms with Crippen LogP contribution in [-0.4, -0.2) is 30.0 Å². The van der Waals surface area contributed by atoms with Gasteiger partial charge in [-0.15, -0.1) is 0 Å². The van der Waals surface area contributed by atoms with Crippen molar-refractivity contribution in [1.82, 2.24) is 4.98 Å². The van der Waals surface area contributed by atoms with Crippen LogP contribution in [0.15, 0.2) is 6.07 Å². The average Bonchev–Trinajstić information content (AvgIpc) is 2.45. The molecule has 0 bridgehead atoms. The van der Waals surface area contributed by atoms with Gasteiger partial charge in [0.05, 0.1) is 4.92 Å². The van der Waals surface area contributed by atoms with Crippen LogP contribution in [-0.2, 0) is 0 Å². The van der Waals surface area contributed by atoms with Gasteiger partial charge in [-0.3, -0.25) is 10.1 Å². The fourth-order valence-corrected chi connectivity index (χ4v) is 3.42. The van der Waals surface area contributed by atoms with Gasteiger partial charge in [-0.25, -0.2) is 4.98 Å². The number of nitrogens with one attached hydrogen (secondary N) is 1. The van der Waals surface area contributed by atoms with Crippen LogP contribution in [0.4, 0.5) is 17.2 Å². The summed E-state index contributed by atoms with van der Waals surface area (Å²) in [6, 6.07) is 1.61. The number of piperidine rings is 1. The third-order valence-electron chi connectivity index (χ3n) is 4.03. The first kappa shape index (κ1) is 16.8. The van der Waals surface area contributed by atoms with E-state index in [1.165, 1.54) is 6.42 Å². The minimum Gasteiger partial charge on any atom is -0.367 e. The van der Waals surface area contributed by atoms with Crippen molar-refractivity contribution in [3.63, 3.8) is 0 Å². The topological polar surface area (TPSA) is 71.3 Å². The predicted molar refractivity (Wildman–Crippen MR) is 89.8 cm³/mol. The van der Waals surface area contributed by atoms with Gasteiger partial charge in [0.2, 0.25) is 5.82 Å². The summed E-state index contributed by atoms with van der Waals surface area (Å²) in [4.78, 5) is 17.2. The van der Waals surface area contributed by atoms with Crippen molar-refractivity contribution in [3.8, 4) is 0 Å². The van der Waals surface area contributed by atoms with Crippen LogP contribution >= 0.6 is 11.6 Å². The van der Waals surface area contributed by atoms with E-state index in [1.807, 2.05) is 0 Å². The van der Waals surface area contributed by atoms with E-state index in [0.717, 1.165) is 25.9 Å². The molecule has 122 valence electrons. The Morgan fingerprint density at radius 2 is 2.32 bits per heavy atom. The summed E-state index contributed by atoms with van der Waals surface area (Å²) in [7, 11) is 1.62. The lowest BCUT2D eigenvalue weighted by Crippen LogP contribution is -2.36. The predicted octanol–water partition coefficient (Wildman–Crippen LogP) is 3.95. The number of hydrogen-bond donors (Lipinski definition) is 1. The van der Waals surface area contributed by atoms with Crippen molar-refractivity contribution < 1.29 is 4.92 Å². The molecule has 1 N–H and O–H groups in total. The van der Waals surface area contributed by atoms with Crippen molar-refractivity contribution in [1.29, 1.82) is 0 Å². The quantitative estimate of drug-likeness (QED) is 0.504. The van der Waals surface area contributed by atoms with Crippen LogP contribution in [0.2, 0.25) is 5.15 Å². The summed E-state index contributed by atoms with van der Waals surface area (Å²) in [6.07, 6.45) is 3.37. The molecule has 0 spiro atoms. The summed E-state index contributed by atoms with van der Waals surface area (Å²) < 4.78 is 0. The highest BCUT2D eigenvalue weighted by atomic mass is 35.5. The minimum absolute atomic E-state index is 0.0112. The van der Waals surface area contributed by atoms with Crippen LogP contribution in [0.3, 0.4) is 0 Å². The molecule has 1 fully saturated rings. The lowest BCUT2D eigenvalue weighted by Gasteiger charge is -2.35. The molecule has 0 amide bonds. The standard InChI is InChI=1S/C15H23ClN4O2/c1-10(2)7-11-5-4-6-19(9-11)12-8-13(16)18-15(17-3)14(12)20(21)22/h8,10-11H,4-7,9H2,1-3H3,(H,17,18). The Balaban J connectivity index is 2.34. The van der Waals surface area contributed by atoms with E-state index in [0.29, 0.717) is 17.5 Å². The van der Waals surface area contributed by atoms with E-state index in [1.54, 1.807) is 13.1 Å². The summed E-state index contributed by atoms with van der Waals surface area (Å²) >= 11 is 6.04. The maximum Gasteiger partial charge on any atom is 0.334 e. The zero-order chi connectivity index (χ0) is 16.3. The van der Waals surface area contributed by atoms with E-state index < -0.39 is 0 Å². The van der Waals surface area contributed by atoms with Crippen LogP contribution in [0.25, 0.3) is 0 Å². The number of aromatic nitrogens is 1. The number of nitrogens with zero attached hydrogens (tertiary/aromatic N) is 3. The Morgan fingerprint density at radius 1 is 1.59 bits per heavy atom. The van der Waals surface area contributed by atoms with E-state index in [2.05, 4.69) is 29.0 Å². The third kappa shape index (κ3) is 3.80. The Labute approximate surface area is 136 Å². The number of hydrogen-bond acceptors (Lipinski definition) is 5. The van der Waals surface area contributed by atoms with Crippen LogP contribution < -0.4 is 10.2 Å². The number of nitro groups is 1. The van der Waals surface area contributed by atoms with Gasteiger partial charge in [0.25, 0.3) is 0 Å². The Morgan fingerprint density at radius 3 is 2.91 bits per heavy atom. The monoisotopic (exact) mass is 326 g/mol. The van der Waals surface area contributed by atoms with Crippen LogP contribution in [0.1, 0.15) is 33.1 Å². The molecule has 2 heterocycles. The molecular formula is C15H23ClN4O2. The molecule has 7 heteroatoms. The van der Waals surface area contributed by atoms with Gasteiger partial charge in [0.15, 0.2) is 0 Å². The Hall–Kier alpha value is -1.56. The molecule has 1 aromatic rings. The lowest BCUT2D eigenvalue weighted by molar-refractivity contribution is -0.383. The Kier molecular flexibility index (Phi) is 5.45. The lowest BCUT2D eigenvalue weighted by atomic mass is 9.89. The van der Waals surface area contributed by atoms with E-state index >= 15 is 0 Å². The first-order valence-electron chi connectivity index (χ1n) is 7.70. The molecule has 0 radical (unpaired) electrons. The molecule has 6 nitrogen and oxygen atoms in total. The van der Waals surface area contributed by atoms with Crippen molar-refractivity contribution in [2.45, 2.75) is 33.1 Å². The van der Waals surface area contributed by atoms with Crippen molar-refractivity contribution in [2.75, 3.05) is 30.4 Å². The first-order valence-corrected chi connectivity index (χ1v) is 8.07. The zero-order valence-corrected chi connectivity index (χ0v) is 14.1. The summed E-state index contributed by atoms with van der Waals surface area (Å²) in [6.45, 7) is 6.08. The fourth-order valence-electron chi connectivity index (χ4n) is 3.23. The van der Waals surface area contributed by atoms with Gasteiger partial charge >= 0.3 is 5.69 Å². The van der Waals surface area contributed by atoms with E-state index in [9.17, 15) is 10.1 Å². The molecule has 22 heavy (non-hydrogen) atoms. The van der Waals surface area contributed by atoms with E-state index in [4.69, 9.17) is 11.6 Å². The number of rotatable bonds is 5. The smallest absolute Gasteiger partial charge is 0.334 e. The van der Waals surface area contributed by atoms with Gasteiger partial charge < -0.3 is 10.2 Å². The van der Waals surface area contributed by atoms with Crippen LogP contribution in [0.5, 0.6) is 0 Å². The second kappa shape index (κ2) is 7.13. The highest BCUT2D eigenvalue weighted by Gasteiger charge is 2.29. The highest BCUT2D eigenvalue weighted by molar-refractivity contribution is 6.30. The number of pyridine rings is 1. The van der Waals surface area contributed by atoms with Crippen molar-refractivity contribution >= 4 is 28.8 Å². The average molecular weight is 327 g/mol. The largest absolute Gasteiger partial charge is 0.367 e. The number of halogens is 1. The van der Waals surface area contributed by atoms with Crippen LogP contribution in [0, 0.1) is 22.0 Å². The van der Waals surface area contributed by atoms with Gasteiger partial charge in [-0.2, -0.15) is 0 Å². The third-order valence-corrected chi connectivity index (χ3v) is 4.22. The molecule has 0 aliphatic carbocycles. The molecule has 1 saturated heterocycles. The summed E-state index contributed by atoms with van der Waals surface area (Å²) in [5.41, 5.74) is 0.583. The van der Waals surface area contributed by atoms with Crippen molar-refractivity contribution in [2.24, 2.45) is 11.8 Å². The van der Waals surface area contributed by atoms with Gasteiger partial charge in [0, 0.05) is 26.2 Å². The second-order valence-corrected chi connectivity index (χ2v) is 6.64. The molecule has 1 unspecified atom stereocenters. The first-order chi connectivity index (χ1) is 10.4. The normalized spacial score (nSPS) is 18.6. The molecule has 1 atom stereocenters. The van der Waals surface area contributed by atoms with Crippen molar-refractivity contribution in [3.05, 3.63) is 21.3 Å². The van der Waals surface area contributed by atoms with Gasteiger partial charge in [-0.05, 0) is 31.1 Å². The van der Waals surface area contributed by atoms with E-state index in [-0.39, 0.29) is 21.6 Å². The second-order valence-electron chi connectivity index (χ2n) is 6.25. The molecular weight excluding hydrogens is 304 g/mol. The molecule has 1 aliphatic heterocycles. The SMILES string of the molecule is CNc1nc(Cl)cc(N2CCCC(CC(C)C)C2)c1[N+](=O)[O-]. The summed E-state index contributed by atoms with van der Waals surface area (Å²) in [5.74, 6) is 1.42. The maximum atomic E-state index is 11.5. The fraction of sp³-hybridized carbons (Fsp3) is 0.667. The molecule has 1 aromatic heterocycles. The summed E-state index contributed by atoms with van der Waals surface area (Å²) in [5, 5.41) is 14.5. The minimum atomic E-state index is -0.378. The number of anilines is 2. The molecule has 2 rings (SSSR count). The maximum absolute atomic E-state index is 11.5. The Bertz CT molecular complexity index is 551. The molecule has 0 saturated carbocycles. The van der Waals surface area contributed by atoms with Gasteiger partial charge in [-0.1, -0.05) is 25.4 Å². The highest BCUT2D eigenvalue weighted by Crippen LogP contribution is 2.38.